The van der Waals surface area contributed by atoms with Crippen molar-refractivity contribution in [3.8, 4) is 5.75 Å². The molecule has 6 nitrogen and oxygen atoms in total. The lowest BCUT2D eigenvalue weighted by atomic mass is 9.81. The maximum atomic E-state index is 12.7. The number of thiocarbonyl (C=S) groups is 1. The van der Waals surface area contributed by atoms with Gasteiger partial charge in [0.1, 0.15) is 22.8 Å². The van der Waals surface area contributed by atoms with Crippen LogP contribution in [0.1, 0.15) is 29.2 Å². The molecule has 1 fully saturated rings. The third-order valence-electron chi connectivity index (χ3n) is 5.10. The maximum Gasteiger partial charge on any atom is 0.319 e. The lowest BCUT2D eigenvalue weighted by molar-refractivity contribution is -0.191. The van der Waals surface area contributed by atoms with Crippen LogP contribution in [0.25, 0.3) is 0 Å². The number of hydrogen-bond donors (Lipinski definition) is 2. The Morgan fingerprint density at radius 2 is 1.93 bits per heavy atom. The molecule has 0 aliphatic carbocycles. The Labute approximate surface area is 167 Å². The van der Waals surface area contributed by atoms with Crippen LogP contribution in [-0.2, 0) is 14.3 Å². The van der Waals surface area contributed by atoms with E-state index in [0.29, 0.717) is 16.9 Å². The van der Waals surface area contributed by atoms with Crippen molar-refractivity contribution in [3.05, 3.63) is 65.2 Å². The number of hydrogen-bond acceptors (Lipinski definition) is 6. The molecular formula is C21H19NO5S. The summed E-state index contributed by atoms with van der Waals surface area (Å²) in [6.07, 6.45) is -1.69. The van der Waals surface area contributed by atoms with E-state index in [1.807, 2.05) is 37.3 Å². The Bertz CT molecular complexity index is 945. The van der Waals surface area contributed by atoms with Crippen LogP contribution in [0, 0.1) is 18.8 Å². The molecule has 0 saturated carbocycles. The van der Waals surface area contributed by atoms with Crippen LogP contribution in [0.2, 0.25) is 0 Å². The van der Waals surface area contributed by atoms with Crippen LogP contribution >= 0.6 is 12.2 Å². The van der Waals surface area contributed by atoms with E-state index in [9.17, 15) is 14.7 Å². The van der Waals surface area contributed by atoms with Crippen molar-refractivity contribution < 1.29 is 24.2 Å². The molecule has 28 heavy (non-hydrogen) atoms. The molecule has 1 amide bonds. The predicted molar refractivity (Wildman–Crippen MR) is 105 cm³/mol. The molecule has 1 saturated heterocycles. The minimum Gasteiger partial charge on any atom is -0.464 e. The quantitative estimate of drug-likeness (QED) is 0.460. The summed E-state index contributed by atoms with van der Waals surface area (Å²) in [4.78, 5) is 25.5. The van der Waals surface area contributed by atoms with Gasteiger partial charge in [-0.2, -0.15) is 0 Å². The van der Waals surface area contributed by atoms with Crippen molar-refractivity contribution >= 4 is 29.1 Å². The van der Waals surface area contributed by atoms with Gasteiger partial charge >= 0.3 is 5.97 Å². The average molecular weight is 397 g/mol. The molecule has 2 aromatic rings. The first-order valence-electron chi connectivity index (χ1n) is 9.00. The highest BCUT2D eigenvalue weighted by molar-refractivity contribution is 7.80. The number of rotatable bonds is 2. The Kier molecular flexibility index (Phi) is 4.87. The molecule has 0 radical (unpaired) electrons. The average Bonchev–Trinajstić information content (AvgIpc) is 2.69. The first-order valence-corrected chi connectivity index (χ1v) is 9.41. The number of aliphatic hydroxyl groups excluding tert-OH is 1. The third kappa shape index (κ3) is 3.39. The summed E-state index contributed by atoms with van der Waals surface area (Å²) in [5.74, 6) is -2.28. The number of benzene rings is 2. The van der Waals surface area contributed by atoms with Gasteiger partial charge in [-0.15, -0.1) is 0 Å². The van der Waals surface area contributed by atoms with Gasteiger partial charge in [0.2, 0.25) is 12.2 Å². The summed E-state index contributed by atoms with van der Waals surface area (Å²) >= 11 is 5.25. The zero-order valence-corrected chi connectivity index (χ0v) is 15.9. The fourth-order valence-corrected chi connectivity index (χ4v) is 3.87. The molecule has 2 N–H and O–H groups in total. The van der Waals surface area contributed by atoms with Gasteiger partial charge in [0, 0.05) is 11.1 Å². The number of fused-ring (bicyclic) bond motifs is 3. The Balaban J connectivity index is 1.52. The fourth-order valence-electron chi connectivity index (χ4n) is 3.64. The number of amides is 1. The van der Waals surface area contributed by atoms with E-state index in [4.69, 9.17) is 21.7 Å². The summed E-state index contributed by atoms with van der Waals surface area (Å²) in [5.41, 5.74) is 2.38. The molecule has 2 aliphatic rings. The van der Waals surface area contributed by atoms with E-state index in [1.54, 1.807) is 18.2 Å². The summed E-state index contributed by atoms with van der Waals surface area (Å²) in [7, 11) is 0. The van der Waals surface area contributed by atoms with Crippen molar-refractivity contribution in [1.29, 1.82) is 0 Å². The van der Waals surface area contributed by atoms with E-state index in [1.165, 1.54) is 0 Å². The largest absolute Gasteiger partial charge is 0.464 e. The molecule has 0 spiro atoms. The molecule has 2 aromatic carbocycles. The number of nitrogens with one attached hydrogen (secondary N) is 1. The molecule has 0 aromatic heterocycles. The summed E-state index contributed by atoms with van der Waals surface area (Å²) in [6, 6.07) is 14.5. The van der Waals surface area contributed by atoms with Crippen molar-refractivity contribution in [2.24, 2.45) is 11.8 Å². The van der Waals surface area contributed by atoms with Crippen LogP contribution in [0.15, 0.2) is 48.5 Å². The first kappa shape index (κ1) is 18.6. The highest BCUT2D eigenvalue weighted by Gasteiger charge is 2.49. The van der Waals surface area contributed by atoms with Gasteiger partial charge in [0.05, 0.1) is 5.92 Å². The topological polar surface area (TPSA) is 84.9 Å². The summed E-state index contributed by atoms with van der Waals surface area (Å²) < 4.78 is 11.2. The van der Waals surface area contributed by atoms with Gasteiger partial charge < -0.3 is 19.9 Å². The van der Waals surface area contributed by atoms with Gasteiger partial charge in [-0.05, 0) is 25.5 Å². The van der Waals surface area contributed by atoms with E-state index < -0.39 is 36.1 Å². The first-order chi connectivity index (χ1) is 13.4. The second-order valence-electron chi connectivity index (χ2n) is 7.04. The number of aryl methyl sites for hydroxylation is 1. The molecule has 2 heterocycles. The van der Waals surface area contributed by atoms with Crippen LogP contribution in [0.4, 0.5) is 0 Å². The molecular weight excluding hydrogens is 378 g/mol. The van der Waals surface area contributed by atoms with Crippen LogP contribution in [0.5, 0.6) is 5.75 Å². The molecule has 2 aliphatic heterocycles. The zero-order valence-electron chi connectivity index (χ0n) is 15.1. The van der Waals surface area contributed by atoms with Crippen molar-refractivity contribution in [2.75, 3.05) is 0 Å². The second kappa shape index (κ2) is 7.33. The standard InChI is InChI=1S/C21H19NO5S/c1-11-7-8-16-13(9-11)17-14(20(24)26-16)10-15(21(25)27-17)18(23)22-19(28)12-5-3-2-4-6-12/h2-9,14-15,17,20,24H,10H2,1H3,(H,22,23,28). The van der Waals surface area contributed by atoms with E-state index in [-0.39, 0.29) is 11.4 Å². The van der Waals surface area contributed by atoms with Gasteiger partial charge in [0.15, 0.2) is 0 Å². The second-order valence-corrected chi connectivity index (χ2v) is 7.45. The van der Waals surface area contributed by atoms with Crippen LogP contribution in [-0.4, -0.2) is 28.3 Å². The van der Waals surface area contributed by atoms with Crippen molar-refractivity contribution in [3.63, 3.8) is 0 Å². The fraction of sp³-hybridized carbons (Fsp3) is 0.286. The van der Waals surface area contributed by atoms with E-state index in [0.717, 1.165) is 5.56 Å². The molecule has 144 valence electrons. The molecule has 0 bridgehead atoms. The monoisotopic (exact) mass is 397 g/mol. The van der Waals surface area contributed by atoms with Gasteiger partial charge in [-0.3, -0.25) is 9.59 Å². The molecule has 7 heteroatoms. The van der Waals surface area contributed by atoms with Crippen molar-refractivity contribution in [1.82, 2.24) is 5.32 Å². The number of esters is 1. The number of aliphatic hydroxyl groups is 1. The minimum atomic E-state index is -1.16. The molecule has 4 rings (SSSR count). The van der Waals surface area contributed by atoms with E-state index in [2.05, 4.69) is 5.32 Å². The normalized spacial score (nSPS) is 25.6. The van der Waals surface area contributed by atoms with Crippen LogP contribution in [0.3, 0.4) is 0 Å². The third-order valence-corrected chi connectivity index (χ3v) is 5.44. The summed E-state index contributed by atoms with van der Waals surface area (Å²) in [5, 5.41) is 13.0. The number of carbonyl (C=O) groups is 2. The number of carbonyl (C=O) groups excluding carboxylic acids is 2. The SMILES string of the molecule is Cc1ccc2c(c1)C1OC(=O)C(C(=O)NC(=S)c3ccccc3)CC1C(O)O2. The van der Waals surface area contributed by atoms with Gasteiger partial charge in [0.25, 0.3) is 0 Å². The maximum absolute atomic E-state index is 12.7. The Hall–Kier alpha value is -2.77. The lowest BCUT2D eigenvalue weighted by Crippen LogP contribution is -2.49. The highest BCUT2D eigenvalue weighted by Crippen LogP contribution is 2.46. The zero-order chi connectivity index (χ0) is 19.8. The Morgan fingerprint density at radius 1 is 1.18 bits per heavy atom. The lowest BCUT2D eigenvalue weighted by Gasteiger charge is -2.41. The van der Waals surface area contributed by atoms with Gasteiger partial charge in [-0.25, -0.2) is 0 Å². The van der Waals surface area contributed by atoms with Crippen LogP contribution < -0.4 is 10.1 Å². The predicted octanol–water partition coefficient (Wildman–Crippen LogP) is 2.42. The molecule has 4 unspecified atom stereocenters. The van der Waals surface area contributed by atoms with Gasteiger partial charge in [-0.1, -0.05) is 54.2 Å². The Morgan fingerprint density at radius 3 is 2.68 bits per heavy atom. The smallest absolute Gasteiger partial charge is 0.319 e. The summed E-state index contributed by atoms with van der Waals surface area (Å²) in [6.45, 7) is 1.92. The molecule has 4 atom stereocenters. The minimum absolute atomic E-state index is 0.112. The van der Waals surface area contributed by atoms with Crippen molar-refractivity contribution in [2.45, 2.75) is 25.7 Å². The highest BCUT2D eigenvalue weighted by atomic mass is 32.1. The van der Waals surface area contributed by atoms with E-state index >= 15 is 0 Å². The number of ether oxygens (including phenoxy) is 2.